The molecule has 0 bridgehead atoms. The van der Waals surface area contributed by atoms with Gasteiger partial charge in [0, 0.05) is 36.4 Å². The quantitative estimate of drug-likeness (QED) is 0.614. The minimum atomic E-state index is 0.141. The van der Waals surface area contributed by atoms with E-state index in [0.717, 1.165) is 30.9 Å². The molecule has 1 saturated heterocycles. The standard InChI is InChI=1S/C14H22N4/c1-14(2)10-18(9-8-17(14)3)12-7-5-4-6-11(12)13(15)16/h4-7H,8-10H2,1-3H3,(H3,15,16). The molecule has 1 heterocycles. The first-order valence-corrected chi connectivity index (χ1v) is 6.31. The second-order valence-electron chi connectivity index (χ2n) is 5.59. The van der Waals surface area contributed by atoms with Gasteiger partial charge in [0.1, 0.15) is 5.84 Å². The first-order chi connectivity index (χ1) is 8.42. The molecule has 0 radical (unpaired) electrons. The topological polar surface area (TPSA) is 56.4 Å². The highest BCUT2D eigenvalue weighted by molar-refractivity contribution is 6.00. The molecule has 0 amide bonds. The number of nitrogens with one attached hydrogen (secondary N) is 1. The Kier molecular flexibility index (Phi) is 3.30. The number of amidine groups is 1. The van der Waals surface area contributed by atoms with E-state index in [1.54, 1.807) is 0 Å². The Balaban J connectivity index is 2.30. The second kappa shape index (κ2) is 4.61. The predicted octanol–water partition coefficient (Wildman–Crippen LogP) is 1.50. The van der Waals surface area contributed by atoms with Crippen LogP contribution in [0.5, 0.6) is 0 Å². The van der Waals surface area contributed by atoms with Crippen molar-refractivity contribution in [2.75, 3.05) is 31.6 Å². The Morgan fingerprint density at radius 3 is 2.56 bits per heavy atom. The van der Waals surface area contributed by atoms with Crippen LogP contribution >= 0.6 is 0 Å². The van der Waals surface area contributed by atoms with Gasteiger partial charge in [-0.2, -0.15) is 0 Å². The van der Waals surface area contributed by atoms with Crippen LogP contribution in [-0.4, -0.2) is 43.0 Å². The molecule has 0 aromatic heterocycles. The number of nitrogens with zero attached hydrogens (tertiary/aromatic N) is 2. The molecular formula is C14H22N4. The van der Waals surface area contributed by atoms with Crippen LogP contribution in [0.1, 0.15) is 19.4 Å². The summed E-state index contributed by atoms with van der Waals surface area (Å²) in [5.74, 6) is 0.141. The maximum atomic E-state index is 7.67. The molecule has 4 heteroatoms. The van der Waals surface area contributed by atoms with Crippen LogP contribution in [0.3, 0.4) is 0 Å². The van der Waals surface area contributed by atoms with Gasteiger partial charge in [-0.1, -0.05) is 12.1 Å². The van der Waals surface area contributed by atoms with Crippen molar-refractivity contribution in [1.82, 2.24) is 4.90 Å². The molecule has 18 heavy (non-hydrogen) atoms. The zero-order valence-electron chi connectivity index (χ0n) is 11.4. The zero-order chi connectivity index (χ0) is 13.3. The van der Waals surface area contributed by atoms with Crippen LogP contribution in [-0.2, 0) is 0 Å². The highest BCUT2D eigenvalue weighted by atomic mass is 15.3. The monoisotopic (exact) mass is 246 g/mol. The molecule has 0 unspecified atom stereocenters. The molecule has 1 aromatic carbocycles. The summed E-state index contributed by atoms with van der Waals surface area (Å²) in [6, 6.07) is 7.91. The Bertz CT molecular complexity index is 453. The summed E-state index contributed by atoms with van der Waals surface area (Å²) in [6.07, 6.45) is 0. The summed E-state index contributed by atoms with van der Waals surface area (Å²) < 4.78 is 0. The maximum absolute atomic E-state index is 7.67. The van der Waals surface area contributed by atoms with Crippen molar-refractivity contribution >= 4 is 11.5 Å². The SMILES string of the molecule is CN1CCN(c2ccccc2C(=N)N)CC1(C)C. The fourth-order valence-electron chi connectivity index (χ4n) is 2.42. The lowest BCUT2D eigenvalue weighted by atomic mass is 9.98. The molecule has 2 rings (SSSR count). The zero-order valence-corrected chi connectivity index (χ0v) is 11.4. The number of piperazine rings is 1. The average Bonchev–Trinajstić information content (AvgIpc) is 2.32. The van der Waals surface area contributed by atoms with Crippen LogP contribution in [0, 0.1) is 5.41 Å². The van der Waals surface area contributed by atoms with Gasteiger partial charge in [0.2, 0.25) is 0 Å². The van der Waals surface area contributed by atoms with Gasteiger partial charge in [-0.15, -0.1) is 0 Å². The number of hydrogen-bond acceptors (Lipinski definition) is 3. The normalized spacial score (nSPS) is 19.8. The van der Waals surface area contributed by atoms with Crippen LogP contribution in [0.2, 0.25) is 0 Å². The molecule has 1 fully saturated rings. The van der Waals surface area contributed by atoms with Crippen molar-refractivity contribution in [2.45, 2.75) is 19.4 Å². The first-order valence-electron chi connectivity index (χ1n) is 6.31. The summed E-state index contributed by atoms with van der Waals surface area (Å²) in [4.78, 5) is 4.70. The lowest BCUT2D eigenvalue weighted by Gasteiger charge is -2.46. The van der Waals surface area contributed by atoms with Crippen molar-refractivity contribution in [3.05, 3.63) is 29.8 Å². The van der Waals surface area contributed by atoms with Crippen LogP contribution in [0.4, 0.5) is 5.69 Å². The predicted molar refractivity (Wildman–Crippen MR) is 76.4 cm³/mol. The van der Waals surface area contributed by atoms with E-state index in [1.807, 2.05) is 18.2 Å². The van der Waals surface area contributed by atoms with Gasteiger partial charge in [-0.3, -0.25) is 10.3 Å². The van der Waals surface area contributed by atoms with Gasteiger partial charge in [0.05, 0.1) is 0 Å². The summed E-state index contributed by atoms with van der Waals surface area (Å²) in [6.45, 7) is 7.45. The number of nitrogen functional groups attached to an aromatic ring is 1. The van der Waals surface area contributed by atoms with Crippen LogP contribution in [0.15, 0.2) is 24.3 Å². The molecule has 3 N–H and O–H groups in total. The van der Waals surface area contributed by atoms with Crippen LogP contribution < -0.4 is 10.6 Å². The van der Waals surface area contributed by atoms with E-state index in [-0.39, 0.29) is 11.4 Å². The number of rotatable bonds is 2. The minimum Gasteiger partial charge on any atom is -0.384 e. The summed E-state index contributed by atoms with van der Waals surface area (Å²) in [5.41, 5.74) is 7.71. The van der Waals surface area contributed by atoms with Crippen LogP contribution in [0.25, 0.3) is 0 Å². The molecule has 0 aliphatic carbocycles. The summed E-state index contributed by atoms with van der Waals surface area (Å²) in [5, 5.41) is 7.67. The van der Waals surface area contributed by atoms with Gasteiger partial charge in [-0.05, 0) is 33.0 Å². The van der Waals surface area contributed by atoms with Crippen molar-refractivity contribution < 1.29 is 0 Å². The molecule has 4 nitrogen and oxygen atoms in total. The molecular weight excluding hydrogens is 224 g/mol. The van der Waals surface area contributed by atoms with E-state index < -0.39 is 0 Å². The Labute approximate surface area is 109 Å². The van der Waals surface area contributed by atoms with Gasteiger partial charge < -0.3 is 10.6 Å². The van der Waals surface area contributed by atoms with Crippen molar-refractivity contribution in [1.29, 1.82) is 5.41 Å². The fraction of sp³-hybridized carbons (Fsp3) is 0.500. The third-order valence-electron chi connectivity index (χ3n) is 3.85. The number of nitrogens with two attached hydrogens (primary N) is 1. The average molecular weight is 246 g/mol. The Morgan fingerprint density at radius 1 is 1.28 bits per heavy atom. The fourth-order valence-corrected chi connectivity index (χ4v) is 2.42. The molecule has 1 aliphatic rings. The molecule has 98 valence electrons. The number of likely N-dealkylation sites (N-methyl/N-ethyl adjacent to an activating group) is 1. The first kappa shape index (κ1) is 12.9. The highest BCUT2D eigenvalue weighted by Crippen LogP contribution is 2.26. The van der Waals surface area contributed by atoms with E-state index in [0.29, 0.717) is 0 Å². The summed E-state index contributed by atoms with van der Waals surface area (Å²) >= 11 is 0. The van der Waals surface area contributed by atoms with E-state index in [1.165, 1.54) is 0 Å². The lowest BCUT2D eigenvalue weighted by molar-refractivity contribution is 0.139. The smallest absolute Gasteiger partial charge is 0.124 e. The van der Waals surface area contributed by atoms with E-state index in [2.05, 4.69) is 36.8 Å². The van der Waals surface area contributed by atoms with Crippen molar-refractivity contribution in [3.63, 3.8) is 0 Å². The largest absolute Gasteiger partial charge is 0.384 e. The Morgan fingerprint density at radius 2 is 1.94 bits per heavy atom. The number of anilines is 1. The summed E-state index contributed by atoms with van der Waals surface area (Å²) in [7, 11) is 2.16. The number of hydrogen-bond donors (Lipinski definition) is 2. The number of para-hydroxylation sites is 1. The maximum Gasteiger partial charge on any atom is 0.124 e. The van der Waals surface area contributed by atoms with Gasteiger partial charge in [-0.25, -0.2) is 0 Å². The molecule has 0 saturated carbocycles. The lowest BCUT2D eigenvalue weighted by Crippen LogP contribution is -2.58. The molecule has 0 spiro atoms. The molecule has 1 aliphatic heterocycles. The minimum absolute atomic E-state index is 0.141. The van der Waals surface area contributed by atoms with Crippen molar-refractivity contribution in [3.8, 4) is 0 Å². The third-order valence-corrected chi connectivity index (χ3v) is 3.85. The highest BCUT2D eigenvalue weighted by Gasteiger charge is 2.31. The van der Waals surface area contributed by atoms with Gasteiger partial charge >= 0.3 is 0 Å². The molecule has 0 atom stereocenters. The van der Waals surface area contributed by atoms with Gasteiger partial charge in [0.15, 0.2) is 0 Å². The van der Waals surface area contributed by atoms with E-state index in [9.17, 15) is 0 Å². The molecule has 1 aromatic rings. The Hall–Kier alpha value is -1.55. The van der Waals surface area contributed by atoms with E-state index >= 15 is 0 Å². The third kappa shape index (κ3) is 2.34. The van der Waals surface area contributed by atoms with E-state index in [4.69, 9.17) is 11.1 Å². The number of benzene rings is 1. The van der Waals surface area contributed by atoms with Gasteiger partial charge in [0.25, 0.3) is 0 Å². The van der Waals surface area contributed by atoms with Crippen molar-refractivity contribution in [2.24, 2.45) is 5.73 Å². The second-order valence-corrected chi connectivity index (χ2v) is 5.59.